The number of hydrogen-bond donors (Lipinski definition) is 1. The Hall–Kier alpha value is -3.86. The lowest BCUT2D eigenvalue weighted by Crippen LogP contribution is -2.23. The Labute approximate surface area is 182 Å². The molecule has 5 heteroatoms. The lowest BCUT2D eigenvalue weighted by atomic mass is 10.2. The largest absolute Gasteiger partial charge is 0.489 e. The highest BCUT2D eigenvalue weighted by molar-refractivity contribution is 5.91. The minimum atomic E-state index is -0.129. The Morgan fingerprint density at radius 3 is 2.74 bits per heavy atom. The summed E-state index contributed by atoms with van der Waals surface area (Å²) in [6.45, 7) is 3.09. The molecular formula is C26H25N3O2. The first-order valence-corrected chi connectivity index (χ1v) is 10.3. The molecule has 0 unspecified atom stereocenters. The number of amides is 1. The van der Waals surface area contributed by atoms with E-state index < -0.39 is 0 Å². The Balaban J connectivity index is 1.27. The molecule has 0 bridgehead atoms. The van der Waals surface area contributed by atoms with Crippen LogP contribution in [0.3, 0.4) is 0 Å². The van der Waals surface area contributed by atoms with E-state index in [1.807, 2.05) is 85.9 Å². The average molecular weight is 412 g/mol. The van der Waals surface area contributed by atoms with Crippen LogP contribution >= 0.6 is 0 Å². The highest BCUT2D eigenvalue weighted by Gasteiger charge is 2.04. The number of carbonyl (C=O) groups is 1. The summed E-state index contributed by atoms with van der Waals surface area (Å²) in [5.41, 5.74) is 5.05. The third-order valence-electron chi connectivity index (χ3n) is 4.96. The number of pyridine rings is 1. The van der Waals surface area contributed by atoms with Gasteiger partial charge in [0.15, 0.2) is 0 Å². The van der Waals surface area contributed by atoms with Crippen molar-refractivity contribution in [1.82, 2.24) is 14.7 Å². The van der Waals surface area contributed by atoms with Crippen LogP contribution in [-0.2, 0) is 17.8 Å². The van der Waals surface area contributed by atoms with Gasteiger partial charge in [-0.3, -0.25) is 4.79 Å². The molecule has 1 N–H and O–H groups in total. The minimum Gasteiger partial charge on any atom is -0.489 e. The fourth-order valence-corrected chi connectivity index (χ4v) is 3.31. The van der Waals surface area contributed by atoms with Crippen LogP contribution < -0.4 is 10.1 Å². The summed E-state index contributed by atoms with van der Waals surface area (Å²) in [6, 6.07) is 23.8. The summed E-state index contributed by atoms with van der Waals surface area (Å²) >= 11 is 0. The number of aromatic nitrogens is 2. The van der Waals surface area contributed by atoms with Crippen LogP contribution in [0.15, 0.2) is 85.1 Å². The van der Waals surface area contributed by atoms with E-state index in [4.69, 9.17) is 4.74 Å². The number of carbonyl (C=O) groups excluding carboxylic acids is 1. The van der Waals surface area contributed by atoms with Gasteiger partial charge in [-0.2, -0.15) is 0 Å². The number of aryl methyl sites for hydroxylation is 1. The molecule has 0 saturated heterocycles. The standard InChI is InChI=1S/C26H25N3O2/c1-20-7-5-12-25-28-23(18-29(20)25)15-16-27-26(30)14-13-21-10-6-11-24(17-21)31-19-22-8-3-2-4-9-22/h2-14,17-18H,15-16,19H2,1H3,(H,27,30)/b14-13+. The van der Waals surface area contributed by atoms with Crippen molar-refractivity contribution in [1.29, 1.82) is 0 Å². The molecule has 0 spiro atoms. The molecule has 2 aromatic heterocycles. The SMILES string of the molecule is Cc1cccc2nc(CCNC(=O)/C=C/c3cccc(OCc4ccccc4)c3)cn12. The molecule has 2 aromatic carbocycles. The fraction of sp³-hybridized carbons (Fsp3) is 0.154. The second-order valence-corrected chi connectivity index (χ2v) is 7.35. The Morgan fingerprint density at radius 1 is 1.06 bits per heavy atom. The van der Waals surface area contributed by atoms with E-state index in [2.05, 4.69) is 14.7 Å². The second-order valence-electron chi connectivity index (χ2n) is 7.35. The van der Waals surface area contributed by atoms with E-state index >= 15 is 0 Å². The number of benzene rings is 2. The highest BCUT2D eigenvalue weighted by atomic mass is 16.5. The van der Waals surface area contributed by atoms with E-state index in [9.17, 15) is 4.79 Å². The summed E-state index contributed by atoms with van der Waals surface area (Å²) in [5.74, 6) is 0.643. The molecule has 0 fully saturated rings. The van der Waals surface area contributed by atoms with Crippen LogP contribution in [0.5, 0.6) is 5.75 Å². The maximum Gasteiger partial charge on any atom is 0.244 e. The number of nitrogens with one attached hydrogen (secondary N) is 1. The van der Waals surface area contributed by atoms with Gasteiger partial charge in [0.05, 0.1) is 5.69 Å². The van der Waals surface area contributed by atoms with Crippen LogP contribution in [0.25, 0.3) is 11.7 Å². The van der Waals surface area contributed by atoms with Crippen molar-refractivity contribution in [2.45, 2.75) is 20.0 Å². The van der Waals surface area contributed by atoms with Gasteiger partial charge >= 0.3 is 0 Å². The van der Waals surface area contributed by atoms with Gasteiger partial charge in [0.2, 0.25) is 5.91 Å². The van der Waals surface area contributed by atoms with Crippen LogP contribution in [0.1, 0.15) is 22.5 Å². The first-order chi connectivity index (χ1) is 15.2. The molecule has 0 saturated carbocycles. The normalized spacial score (nSPS) is 11.1. The third-order valence-corrected chi connectivity index (χ3v) is 4.96. The lowest BCUT2D eigenvalue weighted by Gasteiger charge is -2.07. The summed E-state index contributed by atoms with van der Waals surface area (Å²) in [5, 5.41) is 2.92. The van der Waals surface area contributed by atoms with Crippen LogP contribution in [0, 0.1) is 6.92 Å². The second kappa shape index (κ2) is 9.76. The monoisotopic (exact) mass is 411 g/mol. The molecular weight excluding hydrogens is 386 g/mol. The molecule has 0 aliphatic heterocycles. The molecule has 0 atom stereocenters. The van der Waals surface area contributed by atoms with Gasteiger partial charge in [0.25, 0.3) is 0 Å². The van der Waals surface area contributed by atoms with Crippen LogP contribution in [0.2, 0.25) is 0 Å². The Bertz CT molecular complexity index is 1200. The zero-order valence-corrected chi connectivity index (χ0v) is 17.5. The van der Waals surface area contributed by atoms with Gasteiger partial charge in [0.1, 0.15) is 18.0 Å². The zero-order chi connectivity index (χ0) is 21.5. The van der Waals surface area contributed by atoms with E-state index in [0.717, 1.165) is 33.9 Å². The van der Waals surface area contributed by atoms with Crippen molar-refractivity contribution >= 4 is 17.6 Å². The summed E-state index contributed by atoms with van der Waals surface area (Å²) in [6.07, 6.45) is 6.04. The van der Waals surface area contributed by atoms with Gasteiger partial charge in [-0.15, -0.1) is 0 Å². The first kappa shape index (κ1) is 20.4. The van der Waals surface area contributed by atoms with Crippen LogP contribution in [-0.4, -0.2) is 21.8 Å². The Kier molecular flexibility index (Phi) is 6.43. The van der Waals surface area contributed by atoms with E-state index in [0.29, 0.717) is 19.6 Å². The first-order valence-electron chi connectivity index (χ1n) is 10.3. The summed E-state index contributed by atoms with van der Waals surface area (Å²) in [7, 11) is 0. The summed E-state index contributed by atoms with van der Waals surface area (Å²) < 4.78 is 7.90. The number of nitrogens with zero attached hydrogens (tertiary/aromatic N) is 2. The third kappa shape index (κ3) is 5.60. The molecule has 5 nitrogen and oxygen atoms in total. The smallest absolute Gasteiger partial charge is 0.244 e. The van der Waals surface area contributed by atoms with Crippen molar-refractivity contribution in [2.24, 2.45) is 0 Å². The fourth-order valence-electron chi connectivity index (χ4n) is 3.31. The van der Waals surface area contributed by atoms with Gasteiger partial charge in [-0.1, -0.05) is 48.5 Å². The number of rotatable bonds is 8. The van der Waals surface area contributed by atoms with Crippen molar-refractivity contribution in [3.63, 3.8) is 0 Å². The minimum absolute atomic E-state index is 0.129. The maximum absolute atomic E-state index is 12.2. The predicted octanol–water partition coefficient (Wildman–Crippen LogP) is 4.59. The molecule has 2 heterocycles. The van der Waals surface area contributed by atoms with Gasteiger partial charge in [-0.05, 0) is 48.4 Å². The highest BCUT2D eigenvalue weighted by Crippen LogP contribution is 2.16. The van der Waals surface area contributed by atoms with Crippen LogP contribution in [0.4, 0.5) is 0 Å². The number of imidazole rings is 1. The molecule has 0 radical (unpaired) electrons. The summed E-state index contributed by atoms with van der Waals surface area (Å²) in [4.78, 5) is 16.8. The molecule has 4 aromatic rings. The predicted molar refractivity (Wildman–Crippen MR) is 123 cm³/mol. The van der Waals surface area contributed by atoms with E-state index in [1.165, 1.54) is 0 Å². The molecule has 0 aliphatic carbocycles. The quantitative estimate of drug-likeness (QED) is 0.431. The van der Waals surface area contributed by atoms with Crippen molar-refractivity contribution in [3.8, 4) is 5.75 Å². The van der Waals surface area contributed by atoms with Crippen molar-refractivity contribution < 1.29 is 9.53 Å². The number of fused-ring (bicyclic) bond motifs is 1. The van der Waals surface area contributed by atoms with Crippen molar-refractivity contribution in [2.75, 3.05) is 6.54 Å². The molecule has 4 rings (SSSR count). The van der Waals surface area contributed by atoms with Crippen molar-refractivity contribution in [3.05, 3.63) is 108 Å². The Morgan fingerprint density at radius 2 is 1.90 bits per heavy atom. The molecule has 31 heavy (non-hydrogen) atoms. The molecule has 0 aliphatic rings. The number of ether oxygens (including phenoxy) is 1. The van der Waals surface area contributed by atoms with Gasteiger partial charge in [0, 0.05) is 30.9 Å². The van der Waals surface area contributed by atoms with Gasteiger partial charge in [-0.25, -0.2) is 4.98 Å². The number of hydrogen-bond acceptors (Lipinski definition) is 3. The average Bonchev–Trinajstić information content (AvgIpc) is 3.22. The maximum atomic E-state index is 12.2. The zero-order valence-electron chi connectivity index (χ0n) is 17.5. The lowest BCUT2D eigenvalue weighted by molar-refractivity contribution is -0.116. The van der Waals surface area contributed by atoms with E-state index in [1.54, 1.807) is 12.2 Å². The van der Waals surface area contributed by atoms with E-state index in [-0.39, 0.29) is 5.91 Å². The topological polar surface area (TPSA) is 55.6 Å². The molecule has 156 valence electrons. The van der Waals surface area contributed by atoms with Gasteiger partial charge < -0.3 is 14.5 Å². The molecule has 1 amide bonds.